The Kier molecular flexibility index (Phi) is 6.97. The van der Waals surface area contributed by atoms with E-state index in [1.807, 2.05) is 36.4 Å². The van der Waals surface area contributed by atoms with Crippen LogP contribution in [0.4, 0.5) is 5.69 Å². The fraction of sp³-hybridized carbons (Fsp3) is 0.455. The van der Waals surface area contributed by atoms with Crippen LogP contribution in [-0.2, 0) is 16.4 Å². The molecule has 1 aliphatic rings. The van der Waals surface area contributed by atoms with Crippen LogP contribution in [-0.4, -0.2) is 46.0 Å². The zero-order chi connectivity index (χ0) is 20.0. The Balaban J connectivity index is 1.64. The largest absolute Gasteiger partial charge is 0.495 e. The van der Waals surface area contributed by atoms with Crippen LogP contribution in [0.15, 0.2) is 53.4 Å². The molecule has 0 aromatic heterocycles. The lowest BCUT2D eigenvalue weighted by Crippen LogP contribution is -2.48. The number of para-hydroxylation sites is 2. The highest BCUT2D eigenvalue weighted by molar-refractivity contribution is 7.89. The van der Waals surface area contributed by atoms with E-state index in [0.29, 0.717) is 31.1 Å². The van der Waals surface area contributed by atoms with E-state index in [4.69, 9.17) is 4.74 Å². The molecule has 5 nitrogen and oxygen atoms in total. The minimum atomic E-state index is -3.45. The molecule has 0 radical (unpaired) electrons. The fourth-order valence-electron chi connectivity index (χ4n) is 3.62. The third-order valence-electron chi connectivity index (χ3n) is 5.29. The zero-order valence-corrected chi connectivity index (χ0v) is 17.6. The van der Waals surface area contributed by atoms with Gasteiger partial charge in [0.05, 0.1) is 17.7 Å². The maximum absolute atomic E-state index is 13.0. The molecule has 0 atom stereocenters. The van der Waals surface area contributed by atoms with Gasteiger partial charge in [0, 0.05) is 26.2 Å². The van der Waals surface area contributed by atoms with Crippen molar-refractivity contribution in [2.24, 2.45) is 0 Å². The van der Waals surface area contributed by atoms with Gasteiger partial charge in [0.1, 0.15) is 5.75 Å². The highest BCUT2D eigenvalue weighted by Crippen LogP contribution is 2.29. The molecule has 0 amide bonds. The third-order valence-corrected chi connectivity index (χ3v) is 7.21. The molecular weight excluding hydrogens is 372 g/mol. The van der Waals surface area contributed by atoms with Gasteiger partial charge in [-0.25, -0.2) is 8.42 Å². The first-order valence-corrected chi connectivity index (χ1v) is 11.5. The fourth-order valence-corrected chi connectivity index (χ4v) is 5.04. The van der Waals surface area contributed by atoms with Crippen molar-refractivity contribution in [3.8, 4) is 5.75 Å². The van der Waals surface area contributed by atoms with Gasteiger partial charge in [-0.3, -0.25) is 0 Å². The van der Waals surface area contributed by atoms with Gasteiger partial charge in [0.15, 0.2) is 0 Å². The number of rotatable bonds is 8. The Morgan fingerprint density at radius 3 is 2.25 bits per heavy atom. The maximum Gasteiger partial charge on any atom is 0.243 e. The summed E-state index contributed by atoms with van der Waals surface area (Å²) >= 11 is 0. The molecule has 6 heteroatoms. The molecule has 0 spiro atoms. The highest BCUT2D eigenvalue weighted by atomic mass is 32.2. The van der Waals surface area contributed by atoms with Crippen molar-refractivity contribution in [3.05, 3.63) is 54.1 Å². The first-order chi connectivity index (χ1) is 13.6. The summed E-state index contributed by atoms with van der Waals surface area (Å²) in [4.78, 5) is 2.57. The molecule has 1 fully saturated rings. The van der Waals surface area contributed by atoms with Gasteiger partial charge in [0.25, 0.3) is 0 Å². The average Bonchev–Trinajstić information content (AvgIpc) is 2.74. The van der Waals surface area contributed by atoms with Crippen molar-refractivity contribution >= 4 is 15.7 Å². The van der Waals surface area contributed by atoms with Crippen molar-refractivity contribution in [2.45, 2.75) is 37.5 Å². The Morgan fingerprint density at radius 2 is 1.61 bits per heavy atom. The van der Waals surface area contributed by atoms with Crippen LogP contribution in [0.5, 0.6) is 5.75 Å². The number of methoxy groups -OCH3 is 1. The summed E-state index contributed by atoms with van der Waals surface area (Å²) in [7, 11) is -1.79. The number of aryl methyl sites for hydroxylation is 1. The summed E-state index contributed by atoms with van der Waals surface area (Å²) in [6, 6.07) is 15.3. The number of benzene rings is 2. The second kappa shape index (κ2) is 9.43. The summed E-state index contributed by atoms with van der Waals surface area (Å²) < 4.78 is 33.0. The van der Waals surface area contributed by atoms with E-state index in [-0.39, 0.29) is 0 Å². The van der Waals surface area contributed by atoms with Crippen LogP contribution in [0.2, 0.25) is 0 Å². The Morgan fingerprint density at radius 1 is 0.929 bits per heavy atom. The van der Waals surface area contributed by atoms with E-state index >= 15 is 0 Å². The molecule has 0 aliphatic carbocycles. The van der Waals surface area contributed by atoms with Crippen molar-refractivity contribution in [1.82, 2.24) is 4.31 Å². The Bertz CT molecular complexity index is 858. The Labute approximate surface area is 169 Å². The van der Waals surface area contributed by atoms with E-state index < -0.39 is 10.0 Å². The van der Waals surface area contributed by atoms with Crippen LogP contribution in [0.25, 0.3) is 0 Å². The van der Waals surface area contributed by atoms with E-state index in [9.17, 15) is 8.42 Å². The van der Waals surface area contributed by atoms with Gasteiger partial charge in [-0.2, -0.15) is 4.31 Å². The second-order valence-corrected chi connectivity index (χ2v) is 9.10. The molecule has 0 saturated carbocycles. The van der Waals surface area contributed by atoms with Gasteiger partial charge in [-0.05, 0) is 42.7 Å². The second-order valence-electron chi connectivity index (χ2n) is 7.16. The van der Waals surface area contributed by atoms with Crippen LogP contribution in [0.1, 0.15) is 31.7 Å². The predicted molar refractivity (Wildman–Crippen MR) is 114 cm³/mol. The van der Waals surface area contributed by atoms with Crippen LogP contribution < -0.4 is 9.64 Å². The molecular formula is C22H30N2O3S. The highest BCUT2D eigenvalue weighted by Gasteiger charge is 2.29. The number of nitrogens with zero attached hydrogens (tertiary/aromatic N) is 2. The van der Waals surface area contributed by atoms with Crippen LogP contribution >= 0.6 is 0 Å². The van der Waals surface area contributed by atoms with Crippen LogP contribution in [0.3, 0.4) is 0 Å². The minimum Gasteiger partial charge on any atom is -0.495 e. The summed E-state index contributed by atoms with van der Waals surface area (Å²) in [5.74, 6) is 0.817. The van der Waals surface area contributed by atoms with E-state index in [0.717, 1.165) is 24.3 Å². The molecule has 1 heterocycles. The zero-order valence-electron chi connectivity index (χ0n) is 16.8. The molecule has 1 saturated heterocycles. The number of ether oxygens (including phenoxy) is 1. The Hall–Kier alpha value is -2.05. The summed E-state index contributed by atoms with van der Waals surface area (Å²) in [5, 5.41) is 0. The first-order valence-electron chi connectivity index (χ1n) is 10.0. The normalized spacial score (nSPS) is 15.6. The number of hydrogen-bond donors (Lipinski definition) is 0. The summed E-state index contributed by atoms with van der Waals surface area (Å²) in [6.07, 6.45) is 4.54. The third kappa shape index (κ3) is 4.67. The van der Waals surface area contributed by atoms with Crippen molar-refractivity contribution in [1.29, 1.82) is 0 Å². The minimum absolute atomic E-state index is 0.387. The number of sulfonamides is 1. The molecule has 2 aromatic rings. The van der Waals surface area contributed by atoms with E-state index in [1.165, 1.54) is 18.4 Å². The molecule has 2 aromatic carbocycles. The van der Waals surface area contributed by atoms with Gasteiger partial charge in [0.2, 0.25) is 10.0 Å². The first kappa shape index (κ1) is 20.7. The summed E-state index contributed by atoms with van der Waals surface area (Å²) in [6.45, 7) is 4.42. The topological polar surface area (TPSA) is 49.9 Å². The molecule has 0 bridgehead atoms. The maximum atomic E-state index is 13.0. The molecule has 0 N–H and O–H groups in total. The predicted octanol–water partition coefficient (Wildman–Crippen LogP) is 3.94. The van der Waals surface area contributed by atoms with Gasteiger partial charge in [-0.1, -0.05) is 44.0 Å². The van der Waals surface area contributed by atoms with Gasteiger partial charge < -0.3 is 9.64 Å². The average molecular weight is 403 g/mol. The molecule has 28 heavy (non-hydrogen) atoms. The molecule has 152 valence electrons. The number of piperazine rings is 1. The monoisotopic (exact) mass is 402 g/mol. The number of anilines is 1. The SMILES string of the molecule is CCCCCc1ccc(S(=O)(=O)N2CCN(c3ccccc3OC)CC2)cc1. The lowest BCUT2D eigenvalue weighted by atomic mass is 10.1. The standard InChI is InChI=1S/C22H30N2O3S/c1-3-4-5-8-19-11-13-20(14-12-19)28(25,26)24-17-15-23(16-18-24)21-9-6-7-10-22(21)27-2/h6-7,9-14H,3-5,8,15-18H2,1-2H3. The molecule has 1 aliphatic heterocycles. The number of unbranched alkanes of at least 4 members (excludes halogenated alkanes) is 2. The van der Waals surface area contributed by atoms with Crippen molar-refractivity contribution in [3.63, 3.8) is 0 Å². The molecule has 0 unspecified atom stereocenters. The lowest BCUT2D eigenvalue weighted by Gasteiger charge is -2.35. The quantitative estimate of drug-likeness (QED) is 0.628. The van der Waals surface area contributed by atoms with Crippen molar-refractivity contribution in [2.75, 3.05) is 38.2 Å². The smallest absolute Gasteiger partial charge is 0.243 e. The van der Waals surface area contributed by atoms with Crippen LogP contribution in [0, 0.1) is 0 Å². The summed E-state index contributed by atoms with van der Waals surface area (Å²) in [5.41, 5.74) is 2.21. The van der Waals surface area contributed by atoms with Crippen molar-refractivity contribution < 1.29 is 13.2 Å². The van der Waals surface area contributed by atoms with E-state index in [1.54, 1.807) is 23.5 Å². The number of hydrogen-bond acceptors (Lipinski definition) is 4. The van der Waals surface area contributed by atoms with Gasteiger partial charge >= 0.3 is 0 Å². The lowest BCUT2D eigenvalue weighted by molar-refractivity contribution is 0.378. The van der Waals surface area contributed by atoms with Gasteiger partial charge in [-0.15, -0.1) is 0 Å². The molecule has 3 rings (SSSR count). The van der Waals surface area contributed by atoms with E-state index in [2.05, 4.69) is 11.8 Å².